The van der Waals surface area contributed by atoms with Crippen LogP contribution >= 0.6 is 0 Å². The van der Waals surface area contributed by atoms with Gasteiger partial charge in [-0.15, -0.1) is 0 Å². The van der Waals surface area contributed by atoms with Crippen LogP contribution < -0.4 is 5.32 Å². The highest BCUT2D eigenvalue weighted by molar-refractivity contribution is 5.81. The summed E-state index contributed by atoms with van der Waals surface area (Å²) in [6.45, 7) is 5.05. The monoisotopic (exact) mass is 312 g/mol. The Morgan fingerprint density at radius 1 is 1.26 bits per heavy atom. The lowest BCUT2D eigenvalue weighted by Gasteiger charge is -2.26. The third-order valence-electron chi connectivity index (χ3n) is 3.77. The summed E-state index contributed by atoms with van der Waals surface area (Å²) in [5.41, 5.74) is 2.03. The Labute approximate surface area is 137 Å². The minimum Gasteiger partial charge on any atom is -0.349 e. The van der Waals surface area contributed by atoms with Gasteiger partial charge in [-0.2, -0.15) is 0 Å². The van der Waals surface area contributed by atoms with Crippen LogP contribution in [0.3, 0.4) is 0 Å². The van der Waals surface area contributed by atoms with Gasteiger partial charge in [-0.3, -0.25) is 9.69 Å². The first-order chi connectivity index (χ1) is 11.1. The molecule has 1 heterocycles. The van der Waals surface area contributed by atoms with Crippen molar-refractivity contribution in [3.05, 3.63) is 59.7 Å². The Morgan fingerprint density at radius 3 is 2.65 bits per heavy atom. The lowest BCUT2D eigenvalue weighted by molar-refractivity contribution is -0.126. The number of hydrogen-bond acceptors (Lipinski definition) is 4. The molecule has 0 saturated carbocycles. The molecule has 0 spiro atoms. The average molecular weight is 312 g/mol. The highest BCUT2D eigenvalue weighted by Crippen LogP contribution is 2.09. The quantitative estimate of drug-likeness (QED) is 0.852. The van der Waals surface area contributed by atoms with Crippen molar-refractivity contribution in [2.75, 3.05) is 7.05 Å². The van der Waals surface area contributed by atoms with Crippen LogP contribution in [0.1, 0.15) is 30.4 Å². The van der Waals surface area contributed by atoms with Crippen molar-refractivity contribution in [1.29, 1.82) is 0 Å². The molecule has 23 heavy (non-hydrogen) atoms. The van der Waals surface area contributed by atoms with Gasteiger partial charge in [-0.05, 0) is 32.0 Å². The number of nitrogens with zero attached hydrogens (tertiary/aromatic N) is 3. The van der Waals surface area contributed by atoms with Crippen LogP contribution in [0.15, 0.2) is 42.6 Å². The molecule has 122 valence electrons. The highest BCUT2D eigenvalue weighted by atomic mass is 16.2. The zero-order valence-corrected chi connectivity index (χ0v) is 14.0. The number of nitrogens with one attached hydrogen (secondary N) is 1. The zero-order valence-electron chi connectivity index (χ0n) is 14.0. The van der Waals surface area contributed by atoms with E-state index in [2.05, 4.69) is 32.3 Å². The SMILES string of the molecule is CC[C@@H](C(=O)NCc1ccnc(C)n1)N(C)Cc1ccccc1. The van der Waals surface area contributed by atoms with Crippen LogP contribution in [-0.4, -0.2) is 33.9 Å². The second kappa shape index (κ2) is 8.39. The van der Waals surface area contributed by atoms with E-state index in [0.717, 1.165) is 18.7 Å². The molecule has 0 aliphatic carbocycles. The minimum atomic E-state index is -0.154. The molecule has 0 unspecified atom stereocenters. The molecule has 0 aliphatic heterocycles. The number of amides is 1. The van der Waals surface area contributed by atoms with Gasteiger partial charge in [0.1, 0.15) is 5.82 Å². The molecule has 0 aliphatic rings. The lowest BCUT2D eigenvalue weighted by atomic mass is 10.1. The molecule has 1 N–H and O–H groups in total. The maximum atomic E-state index is 12.5. The molecule has 0 fully saturated rings. The van der Waals surface area contributed by atoms with E-state index < -0.39 is 0 Å². The van der Waals surface area contributed by atoms with E-state index in [0.29, 0.717) is 12.4 Å². The lowest BCUT2D eigenvalue weighted by Crippen LogP contribution is -2.44. The summed E-state index contributed by atoms with van der Waals surface area (Å²) in [7, 11) is 1.98. The van der Waals surface area contributed by atoms with Gasteiger partial charge in [0.05, 0.1) is 18.3 Å². The predicted molar refractivity (Wildman–Crippen MR) is 90.6 cm³/mol. The molecule has 1 aromatic heterocycles. The van der Waals surface area contributed by atoms with Crippen LogP contribution in [0.2, 0.25) is 0 Å². The Morgan fingerprint density at radius 2 is 2.00 bits per heavy atom. The molecule has 2 rings (SSSR count). The van der Waals surface area contributed by atoms with Gasteiger partial charge < -0.3 is 5.32 Å². The summed E-state index contributed by atoms with van der Waals surface area (Å²) in [4.78, 5) is 22.9. The molecule has 0 bridgehead atoms. The number of carbonyl (C=O) groups excluding carboxylic acids is 1. The van der Waals surface area contributed by atoms with Gasteiger partial charge >= 0.3 is 0 Å². The topological polar surface area (TPSA) is 58.1 Å². The molecule has 0 radical (unpaired) electrons. The average Bonchev–Trinajstić information content (AvgIpc) is 2.54. The van der Waals surface area contributed by atoms with Gasteiger partial charge in [0.2, 0.25) is 5.91 Å². The van der Waals surface area contributed by atoms with E-state index in [1.807, 2.05) is 45.2 Å². The zero-order chi connectivity index (χ0) is 16.7. The summed E-state index contributed by atoms with van der Waals surface area (Å²) < 4.78 is 0. The molecule has 1 atom stereocenters. The van der Waals surface area contributed by atoms with Crippen molar-refractivity contribution in [3.63, 3.8) is 0 Å². The number of aryl methyl sites for hydroxylation is 1. The summed E-state index contributed by atoms with van der Waals surface area (Å²) in [5.74, 6) is 0.743. The molecule has 5 heteroatoms. The standard InChI is InChI=1S/C18H24N4O/c1-4-17(22(3)13-15-8-6-5-7-9-15)18(23)20-12-16-10-11-19-14(2)21-16/h5-11,17H,4,12-13H2,1-3H3,(H,20,23)/t17-/m0/s1. The predicted octanol–water partition coefficient (Wildman–Crippen LogP) is 2.31. The Hall–Kier alpha value is -2.27. The van der Waals surface area contributed by atoms with Gasteiger partial charge in [-0.25, -0.2) is 9.97 Å². The molecule has 5 nitrogen and oxygen atoms in total. The first-order valence-corrected chi connectivity index (χ1v) is 7.90. The van der Waals surface area contributed by atoms with Crippen LogP contribution in [0, 0.1) is 6.92 Å². The molecule has 1 amide bonds. The second-order valence-electron chi connectivity index (χ2n) is 5.64. The smallest absolute Gasteiger partial charge is 0.237 e. The Balaban J connectivity index is 1.92. The van der Waals surface area contributed by atoms with Crippen LogP contribution in [0.5, 0.6) is 0 Å². The van der Waals surface area contributed by atoms with Gasteiger partial charge in [0, 0.05) is 12.7 Å². The molecule has 1 aromatic carbocycles. The van der Waals surface area contributed by atoms with E-state index in [-0.39, 0.29) is 11.9 Å². The maximum absolute atomic E-state index is 12.5. The van der Waals surface area contributed by atoms with Crippen molar-refractivity contribution in [3.8, 4) is 0 Å². The van der Waals surface area contributed by atoms with E-state index >= 15 is 0 Å². The molecular weight excluding hydrogens is 288 g/mol. The summed E-state index contributed by atoms with van der Waals surface area (Å²) in [6, 6.07) is 11.8. The first-order valence-electron chi connectivity index (χ1n) is 7.90. The van der Waals surface area contributed by atoms with Crippen molar-refractivity contribution < 1.29 is 4.79 Å². The number of carbonyl (C=O) groups is 1. The van der Waals surface area contributed by atoms with Gasteiger partial charge in [0.15, 0.2) is 0 Å². The van der Waals surface area contributed by atoms with Crippen LogP contribution in [0.25, 0.3) is 0 Å². The van der Waals surface area contributed by atoms with Crippen LogP contribution in [0.4, 0.5) is 0 Å². The summed E-state index contributed by atoms with van der Waals surface area (Å²) in [6.07, 6.45) is 2.47. The summed E-state index contributed by atoms with van der Waals surface area (Å²) in [5, 5.41) is 2.97. The molecule has 0 saturated heterocycles. The first kappa shape index (κ1) is 17.1. The number of likely N-dealkylation sites (N-methyl/N-ethyl adjacent to an activating group) is 1. The number of benzene rings is 1. The fraction of sp³-hybridized carbons (Fsp3) is 0.389. The van der Waals surface area contributed by atoms with Crippen LogP contribution in [-0.2, 0) is 17.9 Å². The molecular formula is C18H24N4O. The molecule has 2 aromatic rings. The van der Waals surface area contributed by atoms with E-state index in [9.17, 15) is 4.79 Å². The maximum Gasteiger partial charge on any atom is 0.237 e. The fourth-order valence-corrected chi connectivity index (χ4v) is 2.58. The van der Waals surface area contributed by atoms with Crippen molar-refractivity contribution in [2.45, 2.75) is 39.4 Å². The second-order valence-corrected chi connectivity index (χ2v) is 5.64. The van der Waals surface area contributed by atoms with Crippen molar-refractivity contribution in [1.82, 2.24) is 20.2 Å². The van der Waals surface area contributed by atoms with Gasteiger partial charge in [0.25, 0.3) is 0 Å². The number of hydrogen-bond donors (Lipinski definition) is 1. The van der Waals surface area contributed by atoms with E-state index in [4.69, 9.17) is 0 Å². The number of rotatable bonds is 7. The van der Waals surface area contributed by atoms with Crippen molar-refractivity contribution in [2.24, 2.45) is 0 Å². The Kier molecular flexibility index (Phi) is 6.23. The third-order valence-corrected chi connectivity index (χ3v) is 3.77. The fourth-order valence-electron chi connectivity index (χ4n) is 2.58. The van der Waals surface area contributed by atoms with E-state index in [1.54, 1.807) is 6.20 Å². The van der Waals surface area contributed by atoms with E-state index in [1.165, 1.54) is 5.56 Å². The summed E-state index contributed by atoms with van der Waals surface area (Å²) >= 11 is 0. The highest BCUT2D eigenvalue weighted by Gasteiger charge is 2.21. The van der Waals surface area contributed by atoms with Gasteiger partial charge in [-0.1, -0.05) is 37.3 Å². The van der Waals surface area contributed by atoms with Crippen molar-refractivity contribution >= 4 is 5.91 Å². The number of aromatic nitrogens is 2. The normalized spacial score (nSPS) is 12.2. The Bertz CT molecular complexity index is 630. The minimum absolute atomic E-state index is 0.0298. The largest absolute Gasteiger partial charge is 0.349 e. The third kappa shape index (κ3) is 5.14.